The Labute approximate surface area is 129 Å². The lowest BCUT2D eigenvalue weighted by Gasteiger charge is -2.04. The maximum absolute atomic E-state index is 4.56. The van der Waals surface area contributed by atoms with Crippen LogP contribution in [-0.4, -0.2) is 33.0 Å². The van der Waals surface area contributed by atoms with Crippen LogP contribution in [0.3, 0.4) is 0 Å². The predicted molar refractivity (Wildman–Crippen MR) is 87.7 cm³/mol. The fourth-order valence-corrected chi connectivity index (χ4v) is 2.26. The molecule has 6 heteroatoms. The SMILES string of the molecule is CCNc1ncc(CNCCc2nc3ccccc3[nH]2)cn1. The second-order valence-corrected chi connectivity index (χ2v) is 5.07. The van der Waals surface area contributed by atoms with E-state index in [9.17, 15) is 0 Å². The molecule has 0 unspecified atom stereocenters. The van der Waals surface area contributed by atoms with E-state index < -0.39 is 0 Å². The van der Waals surface area contributed by atoms with Gasteiger partial charge in [0.1, 0.15) is 5.82 Å². The zero-order chi connectivity index (χ0) is 15.2. The highest BCUT2D eigenvalue weighted by Crippen LogP contribution is 2.10. The molecule has 3 N–H and O–H groups in total. The number of para-hydroxylation sites is 2. The predicted octanol–water partition coefficient (Wildman–Crippen LogP) is 2.12. The lowest BCUT2D eigenvalue weighted by atomic mass is 10.3. The van der Waals surface area contributed by atoms with Gasteiger partial charge in [-0.2, -0.15) is 0 Å². The van der Waals surface area contributed by atoms with Gasteiger partial charge in [0, 0.05) is 44.0 Å². The first-order chi connectivity index (χ1) is 10.8. The molecule has 0 aliphatic rings. The van der Waals surface area contributed by atoms with Gasteiger partial charge in [-0.15, -0.1) is 0 Å². The quantitative estimate of drug-likeness (QED) is 0.582. The zero-order valence-electron chi connectivity index (χ0n) is 12.6. The van der Waals surface area contributed by atoms with Crippen molar-refractivity contribution in [3.8, 4) is 0 Å². The van der Waals surface area contributed by atoms with Crippen LogP contribution in [0.2, 0.25) is 0 Å². The topological polar surface area (TPSA) is 78.5 Å². The number of rotatable bonds is 7. The van der Waals surface area contributed by atoms with Gasteiger partial charge in [-0.25, -0.2) is 15.0 Å². The zero-order valence-corrected chi connectivity index (χ0v) is 12.6. The fourth-order valence-electron chi connectivity index (χ4n) is 2.26. The van der Waals surface area contributed by atoms with Crippen LogP contribution in [-0.2, 0) is 13.0 Å². The number of fused-ring (bicyclic) bond motifs is 1. The molecule has 0 atom stereocenters. The van der Waals surface area contributed by atoms with Crippen molar-refractivity contribution in [1.82, 2.24) is 25.3 Å². The molecule has 22 heavy (non-hydrogen) atoms. The minimum atomic E-state index is 0.675. The molecule has 3 aromatic rings. The van der Waals surface area contributed by atoms with Gasteiger partial charge in [0.25, 0.3) is 0 Å². The van der Waals surface area contributed by atoms with Crippen LogP contribution in [0, 0.1) is 0 Å². The summed E-state index contributed by atoms with van der Waals surface area (Å²) in [5.41, 5.74) is 3.18. The molecule has 0 aliphatic heterocycles. The molecule has 0 saturated heterocycles. The van der Waals surface area contributed by atoms with Gasteiger partial charge in [0.05, 0.1) is 11.0 Å². The molecule has 0 spiro atoms. The fraction of sp³-hybridized carbons (Fsp3) is 0.312. The number of benzene rings is 1. The molecule has 3 rings (SSSR count). The van der Waals surface area contributed by atoms with E-state index in [2.05, 4.69) is 30.6 Å². The van der Waals surface area contributed by atoms with Gasteiger partial charge in [-0.1, -0.05) is 12.1 Å². The van der Waals surface area contributed by atoms with E-state index in [4.69, 9.17) is 0 Å². The summed E-state index contributed by atoms with van der Waals surface area (Å²) in [5, 5.41) is 6.47. The Kier molecular flexibility index (Phi) is 4.60. The number of aromatic nitrogens is 4. The maximum Gasteiger partial charge on any atom is 0.222 e. The van der Waals surface area contributed by atoms with E-state index in [0.717, 1.165) is 48.5 Å². The van der Waals surface area contributed by atoms with Crippen LogP contribution in [0.5, 0.6) is 0 Å². The number of H-pyrrole nitrogens is 1. The summed E-state index contributed by atoms with van der Waals surface area (Å²) in [4.78, 5) is 16.4. The van der Waals surface area contributed by atoms with E-state index >= 15 is 0 Å². The molecule has 0 amide bonds. The lowest BCUT2D eigenvalue weighted by Crippen LogP contribution is -2.17. The Morgan fingerprint density at radius 3 is 2.73 bits per heavy atom. The first kappa shape index (κ1) is 14.5. The third-order valence-corrected chi connectivity index (χ3v) is 3.35. The summed E-state index contributed by atoms with van der Waals surface area (Å²) in [6, 6.07) is 8.08. The highest BCUT2D eigenvalue weighted by molar-refractivity contribution is 5.74. The molecular formula is C16H20N6. The Bertz CT molecular complexity index is 686. The molecule has 0 radical (unpaired) electrons. The van der Waals surface area contributed by atoms with E-state index in [0.29, 0.717) is 5.95 Å². The minimum absolute atomic E-state index is 0.675. The molecular weight excluding hydrogens is 276 g/mol. The summed E-state index contributed by atoms with van der Waals surface area (Å²) in [6.45, 7) is 4.47. The Morgan fingerprint density at radius 2 is 1.95 bits per heavy atom. The monoisotopic (exact) mass is 296 g/mol. The van der Waals surface area contributed by atoms with Crippen molar-refractivity contribution in [2.45, 2.75) is 19.9 Å². The molecule has 0 aliphatic carbocycles. The van der Waals surface area contributed by atoms with E-state index in [1.165, 1.54) is 0 Å². The Balaban J connectivity index is 1.46. The lowest BCUT2D eigenvalue weighted by molar-refractivity contribution is 0.671. The van der Waals surface area contributed by atoms with Crippen molar-refractivity contribution in [1.29, 1.82) is 0 Å². The van der Waals surface area contributed by atoms with Crippen LogP contribution < -0.4 is 10.6 Å². The average Bonchev–Trinajstić information content (AvgIpc) is 2.96. The molecule has 0 saturated carbocycles. The van der Waals surface area contributed by atoms with Crippen molar-refractivity contribution in [3.05, 3.63) is 48.0 Å². The van der Waals surface area contributed by atoms with Crippen molar-refractivity contribution >= 4 is 17.0 Å². The molecule has 114 valence electrons. The second kappa shape index (κ2) is 7.00. The molecule has 2 heterocycles. The first-order valence-electron chi connectivity index (χ1n) is 7.54. The van der Waals surface area contributed by atoms with Crippen LogP contribution in [0.1, 0.15) is 18.3 Å². The van der Waals surface area contributed by atoms with Crippen LogP contribution in [0.4, 0.5) is 5.95 Å². The minimum Gasteiger partial charge on any atom is -0.355 e. The highest BCUT2D eigenvalue weighted by atomic mass is 15.1. The van der Waals surface area contributed by atoms with E-state index in [1.807, 2.05) is 43.6 Å². The van der Waals surface area contributed by atoms with Crippen molar-refractivity contribution in [2.75, 3.05) is 18.4 Å². The summed E-state index contributed by atoms with van der Waals surface area (Å²) in [6.07, 6.45) is 4.56. The third kappa shape index (κ3) is 3.59. The Hall–Kier alpha value is -2.47. The summed E-state index contributed by atoms with van der Waals surface area (Å²) in [5.74, 6) is 1.68. The average molecular weight is 296 g/mol. The van der Waals surface area contributed by atoms with Crippen LogP contribution >= 0.6 is 0 Å². The second-order valence-electron chi connectivity index (χ2n) is 5.07. The van der Waals surface area contributed by atoms with Gasteiger partial charge >= 0.3 is 0 Å². The van der Waals surface area contributed by atoms with Crippen molar-refractivity contribution in [3.63, 3.8) is 0 Å². The van der Waals surface area contributed by atoms with Gasteiger partial charge < -0.3 is 15.6 Å². The number of nitrogens with zero attached hydrogens (tertiary/aromatic N) is 3. The largest absolute Gasteiger partial charge is 0.355 e. The number of nitrogens with one attached hydrogen (secondary N) is 3. The smallest absolute Gasteiger partial charge is 0.222 e. The van der Waals surface area contributed by atoms with Crippen LogP contribution in [0.15, 0.2) is 36.7 Å². The van der Waals surface area contributed by atoms with Crippen LogP contribution in [0.25, 0.3) is 11.0 Å². The van der Waals surface area contributed by atoms with E-state index in [-0.39, 0.29) is 0 Å². The number of imidazole rings is 1. The number of anilines is 1. The van der Waals surface area contributed by atoms with E-state index in [1.54, 1.807) is 0 Å². The summed E-state index contributed by atoms with van der Waals surface area (Å²) < 4.78 is 0. The first-order valence-corrected chi connectivity index (χ1v) is 7.54. The van der Waals surface area contributed by atoms with Gasteiger partial charge in [-0.3, -0.25) is 0 Å². The van der Waals surface area contributed by atoms with Gasteiger partial charge in [-0.05, 0) is 19.1 Å². The molecule has 0 fully saturated rings. The molecule has 6 nitrogen and oxygen atoms in total. The highest BCUT2D eigenvalue weighted by Gasteiger charge is 2.02. The van der Waals surface area contributed by atoms with Crippen molar-refractivity contribution < 1.29 is 0 Å². The third-order valence-electron chi connectivity index (χ3n) is 3.35. The summed E-state index contributed by atoms with van der Waals surface area (Å²) >= 11 is 0. The molecule has 2 aromatic heterocycles. The maximum atomic E-state index is 4.56. The molecule has 0 bridgehead atoms. The molecule has 1 aromatic carbocycles. The number of hydrogen-bond acceptors (Lipinski definition) is 5. The standard InChI is InChI=1S/C16H20N6/c1-2-18-16-19-10-12(11-20-16)9-17-8-7-15-21-13-5-3-4-6-14(13)22-15/h3-6,10-11,17H,2,7-9H2,1H3,(H,21,22)(H,18,19,20). The normalized spacial score (nSPS) is 11.0. The Morgan fingerprint density at radius 1 is 1.14 bits per heavy atom. The summed E-state index contributed by atoms with van der Waals surface area (Å²) in [7, 11) is 0. The number of aromatic amines is 1. The van der Waals surface area contributed by atoms with Gasteiger partial charge in [0.15, 0.2) is 0 Å². The van der Waals surface area contributed by atoms with Crippen molar-refractivity contribution in [2.24, 2.45) is 0 Å². The number of hydrogen-bond donors (Lipinski definition) is 3. The van der Waals surface area contributed by atoms with Gasteiger partial charge in [0.2, 0.25) is 5.95 Å².